The second-order valence-electron chi connectivity index (χ2n) is 3.98. The van der Waals surface area contributed by atoms with Gasteiger partial charge in [-0.15, -0.1) is 0 Å². The Labute approximate surface area is 128 Å². The third-order valence-electron chi connectivity index (χ3n) is 2.41. The van der Waals surface area contributed by atoms with Crippen molar-refractivity contribution in [2.45, 2.75) is 5.03 Å². The number of halogens is 1. The zero-order chi connectivity index (χ0) is 14.9. The minimum Gasteiger partial charge on any atom is -0.478 e. The molecule has 106 valence electrons. The minimum absolute atomic E-state index is 0.00330. The number of aromatic carboxylic acids is 1. The Morgan fingerprint density at radius 1 is 1.45 bits per heavy atom. The van der Waals surface area contributed by atoms with Gasteiger partial charge in [-0.05, 0) is 40.8 Å². The molecule has 0 amide bonds. The van der Waals surface area contributed by atoms with Crippen LogP contribution in [0.15, 0.2) is 35.7 Å². The first-order chi connectivity index (χ1) is 9.29. The average Bonchev–Trinajstić information content (AvgIpc) is 2.78. The molecule has 1 aromatic carbocycles. The largest absolute Gasteiger partial charge is 0.478 e. The van der Waals surface area contributed by atoms with Crippen LogP contribution in [0.2, 0.25) is 0 Å². The van der Waals surface area contributed by atoms with Crippen LogP contribution >= 0.6 is 22.6 Å². The smallest absolute Gasteiger partial charge is 0.337 e. The third-order valence-corrected chi connectivity index (χ3v) is 4.33. The molecule has 0 aliphatic carbocycles. The lowest BCUT2D eigenvalue weighted by Gasteiger charge is -2.09. The lowest BCUT2D eigenvalue weighted by Crippen LogP contribution is -2.16. The first-order valence-electron chi connectivity index (χ1n) is 5.33. The van der Waals surface area contributed by atoms with Crippen LogP contribution in [0.3, 0.4) is 0 Å². The lowest BCUT2D eigenvalue weighted by atomic mass is 10.2. The van der Waals surface area contributed by atoms with Crippen LogP contribution in [0, 0.1) is 3.57 Å². The summed E-state index contributed by atoms with van der Waals surface area (Å²) in [4.78, 5) is 14.9. The van der Waals surface area contributed by atoms with E-state index in [9.17, 15) is 13.2 Å². The van der Waals surface area contributed by atoms with E-state index in [0.717, 1.165) is 0 Å². The molecule has 0 saturated heterocycles. The predicted octanol–water partition coefficient (Wildman–Crippen LogP) is 1.52. The van der Waals surface area contributed by atoms with E-state index in [4.69, 9.17) is 5.11 Å². The Balaban J connectivity index is 2.42. The summed E-state index contributed by atoms with van der Waals surface area (Å²) in [6.07, 6.45) is 2.68. The van der Waals surface area contributed by atoms with Crippen LogP contribution in [-0.4, -0.2) is 29.0 Å². The van der Waals surface area contributed by atoms with Gasteiger partial charge in [0.25, 0.3) is 10.0 Å². The maximum atomic E-state index is 12.1. The molecule has 0 aliphatic rings. The Hall–Kier alpha value is -1.62. The first kappa shape index (κ1) is 14.8. The second kappa shape index (κ2) is 5.40. The van der Waals surface area contributed by atoms with Crippen molar-refractivity contribution in [2.24, 2.45) is 7.05 Å². The van der Waals surface area contributed by atoms with Gasteiger partial charge in [-0.3, -0.25) is 4.72 Å². The van der Waals surface area contributed by atoms with Gasteiger partial charge in [0.1, 0.15) is 0 Å². The quantitative estimate of drug-likeness (QED) is 0.749. The molecule has 0 fully saturated rings. The summed E-state index contributed by atoms with van der Waals surface area (Å²) in [5.41, 5.74) is -0.111. The van der Waals surface area contributed by atoms with Crippen molar-refractivity contribution in [3.05, 3.63) is 39.9 Å². The number of sulfonamides is 1. The van der Waals surface area contributed by atoms with Crippen LogP contribution in [0.5, 0.6) is 0 Å². The molecule has 0 atom stereocenters. The summed E-state index contributed by atoms with van der Waals surface area (Å²) in [7, 11) is -2.27. The topological polar surface area (TPSA) is 101 Å². The van der Waals surface area contributed by atoms with Crippen LogP contribution in [0.1, 0.15) is 10.4 Å². The number of hydrogen-bond acceptors (Lipinski definition) is 4. The molecule has 9 heteroatoms. The van der Waals surface area contributed by atoms with Crippen molar-refractivity contribution in [3.63, 3.8) is 0 Å². The summed E-state index contributed by atoms with van der Waals surface area (Å²) in [6, 6.07) is 4.41. The number of carbonyl (C=O) groups is 1. The van der Waals surface area contributed by atoms with Gasteiger partial charge in [0.05, 0.1) is 17.6 Å². The van der Waals surface area contributed by atoms with E-state index in [1.807, 2.05) is 22.6 Å². The van der Waals surface area contributed by atoms with Crippen LogP contribution in [0.25, 0.3) is 0 Å². The molecule has 0 radical (unpaired) electrons. The fourth-order valence-electron chi connectivity index (χ4n) is 1.51. The maximum absolute atomic E-state index is 12.1. The van der Waals surface area contributed by atoms with Gasteiger partial charge in [-0.1, -0.05) is 0 Å². The van der Waals surface area contributed by atoms with Crippen molar-refractivity contribution >= 4 is 44.3 Å². The highest BCUT2D eigenvalue weighted by Crippen LogP contribution is 2.21. The van der Waals surface area contributed by atoms with Crippen LogP contribution in [0.4, 0.5) is 5.69 Å². The third kappa shape index (κ3) is 3.10. The Kier molecular flexibility index (Phi) is 3.99. The standard InChI is InChI=1S/C11H10IN3O4S/c1-15-5-10(13-6-15)20(18,19)14-9-3-2-7(12)4-8(9)11(16)17/h2-6,14H,1H3,(H,16,17). The lowest BCUT2D eigenvalue weighted by molar-refractivity contribution is 0.0698. The van der Waals surface area contributed by atoms with Crippen molar-refractivity contribution in [2.75, 3.05) is 4.72 Å². The fraction of sp³-hybridized carbons (Fsp3) is 0.0909. The SMILES string of the molecule is Cn1cnc(S(=O)(=O)Nc2ccc(I)cc2C(=O)O)c1. The molecule has 0 saturated carbocycles. The fourth-order valence-corrected chi connectivity index (χ4v) is 3.06. The van der Waals surface area contributed by atoms with Crippen LogP contribution in [-0.2, 0) is 17.1 Å². The zero-order valence-electron chi connectivity index (χ0n) is 10.2. The number of imidazole rings is 1. The van der Waals surface area contributed by atoms with Gasteiger partial charge in [0.15, 0.2) is 5.03 Å². The Morgan fingerprint density at radius 3 is 2.70 bits per heavy atom. The van der Waals surface area contributed by atoms with Crippen molar-refractivity contribution < 1.29 is 18.3 Å². The molecule has 1 heterocycles. The number of hydrogen-bond donors (Lipinski definition) is 2. The molecular weight excluding hydrogens is 397 g/mol. The molecule has 2 rings (SSSR count). The van der Waals surface area contributed by atoms with E-state index in [1.54, 1.807) is 13.1 Å². The predicted molar refractivity (Wildman–Crippen MR) is 80.1 cm³/mol. The van der Waals surface area contributed by atoms with Crippen molar-refractivity contribution in [3.8, 4) is 0 Å². The van der Waals surface area contributed by atoms with Gasteiger partial charge in [0.2, 0.25) is 0 Å². The van der Waals surface area contributed by atoms with Gasteiger partial charge >= 0.3 is 5.97 Å². The van der Waals surface area contributed by atoms with Gasteiger partial charge in [0, 0.05) is 16.8 Å². The molecular formula is C11H10IN3O4S. The summed E-state index contributed by atoms with van der Waals surface area (Å²) < 4.78 is 28.6. The molecule has 0 aliphatic heterocycles. The molecule has 20 heavy (non-hydrogen) atoms. The number of aromatic nitrogens is 2. The van der Waals surface area contributed by atoms with Gasteiger partial charge in [-0.25, -0.2) is 9.78 Å². The average molecular weight is 407 g/mol. The normalized spacial score (nSPS) is 11.3. The molecule has 1 aromatic heterocycles. The highest BCUT2D eigenvalue weighted by Gasteiger charge is 2.20. The summed E-state index contributed by atoms with van der Waals surface area (Å²) in [5, 5.41) is 8.93. The van der Waals surface area contributed by atoms with E-state index in [0.29, 0.717) is 3.57 Å². The molecule has 2 N–H and O–H groups in total. The number of carboxylic acid groups (broad SMARTS) is 1. The highest BCUT2D eigenvalue weighted by molar-refractivity contribution is 14.1. The number of benzene rings is 1. The van der Waals surface area contributed by atoms with Crippen LogP contribution < -0.4 is 4.72 Å². The van der Waals surface area contributed by atoms with Gasteiger partial charge in [-0.2, -0.15) is 8.42 Å². The number of rotatable bonds is 4. The van der Waals surface area contributed by atoms with E-state index < -0.39 is 16.0 Å². The highest BCUT2D eigenvalue weighted by atomic mass is 127. The zero-order valence-corrected chi connectivity index (χ0v) is 13.2. The van der Waals surface area contributed by atoms with Crippen molar-refractivity contribution in [1.29, 1.82) is 0 Å². The molecule has 2 aromatic rings. The Morgan fingerprint density at radius 2 is 2.15 bits per heavy atom. The molecule has 0 bridgehead atoms. The van der Waals surface area contributed by atoms with E-state index in [1.165, 1.54) is 29.2 Å². The molecule has 7 nitrogen and oxygen atoms in total. The monoisotopic (exact) mass is 407 g/mol. The van der Waals surface area contributed by atoms with E-state index in [-0.39, 0.29) is 16.3 Å². The maximum Gasteiger partial charge on any atom is 0.337 e. The minimum atomic E-state index is -3.91. The van der Waals surface area contributed by atoms with E-state index in [2.05, 4.69) is 9.71 Å². The number of nitrogens with one attached hydrogen (secondary N) is 1. The first-order valence-corrected chi connectivity index (χ1v) is 7.89. The van der Waals surface area contributed by atoms with E-state index >= 15 is 0 Å². The summed E-state index contributed by atoms with van der Waals surface area (Å²) in [5.74, 6) is -1.21. The molecule has 0 spiro atoms. The molecule has 0 unspecified atom stereocenters. The Bertz CT molecular complexity index is 770. The van der Waals surface area contributed by atoms with Gasteiger partial charge < -0.3 is 9.67 Å². The summed E-state index contributed by atoms with van der Waals surface area (Å²) in [6.45, 7) is 0. The number of anilines is 1. The number of aryl methyl sites for hydroxylation is 1. The number of nitrogens with zero attached hydrogens (tertiary/aromatic N) is 2. The summed E-state index contributed by atoms with van der Waals surface area (Å²) >= 11 is 1.95. The second-order valence-corrected chi connectivity index (χ2v) is 6.85. The number of carboxylic acids is 1. The van der Waals surface area contributed by atoms with Crippen molar-refractivity contribution in [1.82, 2.24) is 9.55 Å².